The van der Waals surface area contributed by atoms with Gasteiger partial charge in [-0.25, -0.2) is 4.98 Å². The number of fused-ring (bicyclic) bond motifs is 1. The van der Waals surface area contributed by atoms with E-state index in [2.05, 4.69) is 4.98 Å². The Hall–Kier alpha value is -4.05. The third-order valence-corrected chi connectivity index (χ3v) is 5.53. The highest BCUT2D eigenvalue weighted by Crippen LogP contribution is 2.41. The summed E-state index contributed by atoms with van der Waals surface area (Å²) in [4.78, 5) is 15.3. The largest absolute Gasteiger partial charge is 0.481 e. The number of aliphatic carboxylic acids is 1. The van der Waals surface area contributed by atoms with E-state index in [9.17, 15) is 18.0 Å². The summed E-state index contributed by atoms with van der Waals surface area (Å²) in [6.07, 6.45) is -3.27. The molecule has 1 N–H and O–H groups in total. The maximum atomic E-state index is 13.8. The number of nitrogens with zero attached hydrogens (tertiary/aromatic N) is 2. The van der Waals surface area contributed by atoms with Crippen molar-refractivity contribution in [3.63, 3.8) is 0 Å². The summed E-state index contributed by atoms with van der Waals surface area (Å²) < 4.78 is 59.9. The molecule has 0 amide bonds. The maximum absolute atomic E-state index is 13.8. The predicted octanol–water partition coefficient (Wildman–Crippen LogP) is 5.84. The van der Waals surface area contributed by atoms with Gasteiger partial charge in [0.2, 0.25) is 0 Å². The molecule has 5 rings (SSSR count). The Bertz CT molecular complexity index is 1400. The van der Waals surface area contributed by atoms with Gasteiger partial charge in [0.25, 0.3) is 0 Å². The number of ether oxygens (including phenoxy) is 3. The zero-order valence-electron chi connectivity index (χ0n) is 18.2. The highest BCUT2D eigenvalue weighted by molar-refractivity contribution is 5.77. The van der Waals surface area contributed by atoms with E-state index in [0.717, 1.165) is 17.1 Å². The first kappa shape index (κ1) is 22.7. The number of halogens is 3. The summed E-state index contributed by atoms with van der Waals surface area (Å²) in [5, 5.41) is 8.94. The van der Waals surface area contributed by atoms with Crippen LogP contribution in [0.5, 0.6) is 23.0 Å². The van der Waals surface area contributed by atoms with Crippen molar-refractivity contribution in [1.29, 1.82) is 0 Å². The standard InChI is InChI=1S/C25H19F3N2O5/c26-25(27,28)20-10-18(5-7-23(20)35-17-3-1-2-15(8-17)9-24(31)32)34-19-4-6-21-22(11-19)30(14-29-21)16-12-33-13-16/h1-8,10-11,14,16H,9,12-13H2,(H,31,32). The second-order valence-corrected chi connectivity index (χ2v) is 8.07. The molecule has 10 heteroatoms. The number of carbonyl (C=O) groups is 1. The molecule has 0 aliphatic carbocycles. The molecule has 4 aromatic rings. The van der Waals surface area contributed by atoms with Gasteiger partial charge in [-0.1, -0.05) is 12.1 Å². The van der Waals surface area contributed by atoms with Crippen molar-refractivity contribution >= 4 is 17.0 Å². The van der Waals surface area contributed by atoms with Crippen LogP contribution in [-0.2, 0) is 22.1 Å². The molecule has 0 saturated carbocycles. The molecule has 1 saturated heterocycles. The minimum absolute atomic E-state index is 0.0123. The quantitative estimate of drug-likeness (QED) is 0.355. The Morgan fingerprint density at radius 3 is 2.49 bits per heavy atom. The molecule has 1 fully saturated rings. The Morgan fingerprint density at radius 2 is 1.77 bits per heavy atom. The molecule has 0 radical (unpaired) electrons. The fourth-order valence-corrected chi connectivity index (χ4v) is 3.78. The van der Waals surface area contributed by atoms with Crippen molar-refractivity contribution in [2.75, 3.05) is 13.2 Å². The maximum Gasteiger partial charge on any atom is 0.420 e. The Balaban J connectivity index is 1.42. The van der Waals surface area contributed by atoms with Crippen LogP contribution >= 0.6 is 0 Å². The molecule has 1 aliphatic rings. The molecule has 3 aromatic carbocycles. The molecule has 1 aliphatic heterocycles. The first-order valence-electron chi connectivity index (χ1n) is 10.7. The Kier molecular flexibility index (Phi) is 5.81. The predicted molar refractivity (Wildman–Crippen MR) is 119 cm³/mol. The molecule has 0 unspecified atom stereocenters. The topological polar surface area (TPSA) is 82.8 Å². The van der Waals surface area contributed by atoms with Crippen molar-refractivity contribution in [2.45, 2.75) is 18.6 Å². The fourth-order valence-electron chi connectivity index (χ4n) is 3.78. The number of hydrogen-bond acceptors (Lipinski definition) is 5. The Morgan fingerprint density at radius 1 is 1.03 bits per heavy atom. The SMILES string of the molecule is O=C(O)Cc1cccc(Oc2ccc(Oc3ccc4ncn(C5COC5)c4c3)cc2C(F)(F)F)c1. The highest BCUT2D eigenvalue weighted by atomic mass is 19.4. The number of carboxylic acids is 1. The molecule has 0 atom stereocenters. The second kappa shape index (κ2) is 8.95. The number of rotatable bonds is 7. The van der Waals surface area contributed by atoms with Gasteiger partial charge >= 0.3 is 12.1 Å². The molecule has 0 spiro atoms. The van der Waals surface area contributed by atoms with Crippen molar-refractivity contribution < 1.29 is 37.3 Å². The van der Waals surface area contributed by atoms with Crippen LogP contribution in [0.25, 0.3) is 11.0 Å². The van der Waals surface area contributed by atoms with Crippen molar-refractivity contribution in [1.82, 2.24) is 9.55 Å². The third-order valence-electron chi connectivity index (χ3n) is 5.53. The molecule has 2 heterocycles. The van der Waals surface area contributed by atoms with Crippen molar-refractivity contribution in [3.05, 3.63) is 78.1 Å². The minimum Gasteiger partial charge on any atom is -0.481 e. The lowest BCUT2D eigenvalue weighted by molar-refractivity contribution is -0.138. The molecule has 0 bridgehead atoms. The zero-order valence-corrected chi connectivity index (χ0v) is 18.2. The van der Waals surface area contributed by atoms with E-state index >= 15 is 0 Å². The van der Waals surface area contributed by atoms with E-state index in [0.29, 0.717) is 24.5 Å². The minimum atomic E-state index is -4.71. The van der Waals surface area contributed by atoms with Gasteiger partial charge in [-0.2, -0.15) is 13.2 Å². The van der Waals surface area contributed by atoms with E-state index < -0.39 is 23.5 Å². The number of aromatic nitrogens is 2. The summed E-state index contributed by atoms with van der Waals surface area (Å²) in [7, 11) is 0. The van der Waals surface area contributed by atoms with Crippen molar-refractivity contribution in [2.24, 2.45) is 0 Å². The number of hydrogen-bond donors (Lipinski definition) is 1. The summed E-state index contributed by atoms with van der Waals surface area (Å²) in [5.74, 6) is -1.02. The van der Waals surface area contributed by atoms with Crippen LogP contribution < -0.4 is 9.47 Å². The summed E-state index contributed by atoms with van der Waals surface area (Å²) in [5.41, 5.74) is 0.935. The third kappa shape index (κ3) is 4.92. The lowest BCUT2D eigenvalue weighted by Crippen LogP contribution is -2.30. The van der Waals surface area contributed by atoms with Gasteiger partial charge in [-0.05, 0) is 48.0 Å². The van der Waals surface area contributed by atoms with E-state index in [1.165, 1.54) is 30.3 Å². The Labute approximate surface area is 197 Å². The van der Waals surface area contributed by atoms with E-state index in [1.807, 2.05) is 4.57 Å². The van der Waals surface area contributed by atoms with E-state index in [1.54, 1.807) is 30.6 Å². The monoisotopic (exact) mass is 484 g/mol. The summed E-state index contributed by atoms with van der Waals surface area (Å²) in [6.45, 7) is 1.15. The van der Waals surface area contributed by atoms with Gasteiger partial charge in [-0.3, -0.25) is 4.79 Å². The van der Waals surface area contributed by atoms with Crippen LogP contribution in [0.4, 0.5) is 13.2 Å². The lowest BCUT2D eigenvalue weighted by Gasteiger charge is -2.27. The molecule has 35 heavy (non-hydrogen) atoms. The van der Waals surface area contributed by atoms with Crippen LogP contribution in [0.15, 0.2) is 67.0 Å². The van der Waals surface area contributed by atoms with Crippen LogP contribution in [-0.4, -0.2) is 33.8 Å². The average molecular weight is 484 g/mol. The van der Waals surface area contributed by atoms with Crippen LogP contribution in [0.1, 0.15) is 17.2 Å². The summed E-state index contributed by atoms with van der Waals surface area (Å²) in [6, 6.07) is 14.6. The van der Waals surface area contributed by atoms with Crippen LogP contribution in [0.3, 0.4) is 0 Å². The van der Waals surface area contributed by atoms with E-state index in [-0.39, 0.29) is 24.0 Å². The van der Waals surface area contributed by atoms with Gasteiger partial charge in [0.1, 0.15) is 28.6 Å². The lowest BCUT2D eigenvalue weighted by atomic mass is 10.1. The second-order valence-electron chi connectivity index (χ2n) is 8.07. The number of alkyl halides is 3. The molecular formula is C25H19F3N2O5. The average Bonchev–Trinajstić information content (AvgIpc) is 3.15. The van der Waals surface area contributed by atoms with Gasteiger partial charge < -0.3 is 23.9 Å². The number of carboxylic acid groups (broad SMARTS) is 1. The van der Waals surface area contributed by atoms with Crippen LogP contribution in [0.2, 0.25) is 0 Å². The zero-order chi connectivity index (χ0) is 24.6. The first-order chi connectivity index (χ1) is 16.8. The van der Waals surface area contributed by atoms with Gasteiger partial charge in [0.15, 0.2) is 0 Å². The fraction of sp³-hybridized carbons (Fsp3) is 0.200. The number of benzene rings is 3. The first-order valence-corrected chi connectivity index (χ1v) is 10.7. The van der Waals surface area contributed by atoms with E-state index in [4.69, 9.17) is 19.3 Å². The van der Waals surface area contributed by atoms with Gasteiger partial charge in [0, 0.05) is 6.07 Å². The molecule has 1 aromatic heterocycles. The smallest absolute Gasteiger partial charge is 0.420 e. The van der Waals surface area contributed by atoms with Crippen molar-refractivity contribution in [3.8, 4) is 23.0 Å². The summed E-state index contributed by atoms with van der Waals surface area (Å²) >= 11 is 0. The van der Waals surface area contributed by atoms with Gasteiger partial charge in [-0.15, -0.1) is 0 Å². The molecule has 7 nitrogen and oxygen atoms in total. The molecular weight excluding hydrogens is 465 g/mol. The molecule has 180 valence electrons. The highest BCUT2D eigenvalue weighted by Gasteiger charge is 2.35. The number of imidazole rings is 1. The van der Waals surface area contributed by atoms with Crippen LogP contribution in [0, 0.1) is 0 Å². The van der Waals surface area contributed by atoms with Gasteiger partial charge in [0.05, 0.1) is 43.0 Å². The normalized spacial score (nSPS) is 14.0.